The number of hydroxylamine groups is 1. The summed E-state index contributed by atoms with van der Waals surface area (Å²) in [7, 11) is -3.46. The summed E-state index contributed by atoms with van der Waals surface area (Å²) in [6.07, 6.45) is 0.755. The molecule has 2 rings (SSSR count). The van der Waals surface area contributed by atoms with E-state index in [9.17, 15) is 8.42 Å². The number of sulfonamides is 1. The largest absolute Gasteiger partial charge is 0.284 e. The Kier molecular flexibility index (Phi) is 2.77. The van der Waals surface area contributed by atoms with Gasteiger partial charge >= 0.3 is 0 Å². The van der Waals surface area contributed by atoms with Gasteiger partial charge in [-0.2, -0.15) is 0 Å². The minimum Gasteiger partial charge on any atom is -0.284 e. The molecule has 1 heterocycles. The number of aryl methyl sites for hydroxylation is 1. The summed E-state index contributed by atoms with van der Waals surface area (Å²) in [5.74, 6) is 0. The van der Waals surface area contributed by atoms with E-state index in [2.05, 4.69) is 0 Å². The lowest BCUT2D eigenvalue weighted by atomic mass is 10.2. The van der Waals surface area contributed by atoms with Crippen LogP contribution in [0.2, 0.25) is 0 Å². The van der Waals surface area contributed by atoms with E-state index in [0.717, 1.165) is 16.5 Å². The van der Waals surface area contributed by atoms with Crippen molar-refractivity contribution in [2.45, 2.75) is 18.2 Å². The molecule has 1 aliphatic rings. The lowest BCUT2D eigenvalue weighted by Gasteiger charge is -2.15. The molecule has 4 nitrogen and oxygen atoms in total. The summed E-state index contributed by atoms with van der Waals surface area (Å²) >= 11 is 0. The van der Waals surface area contributed by atoms with E-state index in [4.69, 9.17) is 4.84 Å². The van der Waals surface area contributed by atoms with Crippen LogP contribution in [0.15, 0.2) is 29.2 Å². The van der Waals surface area contributed by atoms with Gasteiger partial charge in [0.05, 0.1) is 11.5 Å². The summed E-state index contributed by atoms with van der Waals surface area (Å²) in [6, 6.07) is 6.92. The molecule has 5 heteroatoms. The Morgan fingerprint density at radius 1 is 1.33 bits per heavy atom. The maximum absolute atomic E-state index is 12.1. The van der Waals surface area contributed by atoms with Crippen LogP contribution in [0.4, 0.5) is 0 Å². The Labute approximate surface area is 89.5 Å². The van der Waals surface area contributed by atoms with Gasteiger partial charge in [0, 0.05) is 6.54 Å². The molecule has 1 saturated heterocycles. The smallest absolute Gasteiger partial charge is 0.265 e. The SMILES string of the molecule is Cc1ccccc1S(=O)(=O)N1CCCO1. The number of nitrogens with zero attached hydrogens (tertiary/aromatic N) is 1. The quantitative estimate of drug-likeness (QED) is 0.765. The summed E-state index contributed by atoms with van der Waals surface area (Å²) in [4.78, 5) is 5.40. The first kappa shape index (κ1) is 10.6. The normalized spacial score (nSPS) is 18.2. The summed E-state index contributed by atoms with van der Waals surface area (Å²) in [5.41, 5.74) is 0.744. The first-order chi connectivity index (χ1) is 7.12. The van der Waals surface area contributed by atoms with Gasteiger partial charge in [0.1, 0.15) is 0 Å². The van der Waals surface area contributed by atoms with Gasteiger partial charge in [-0.1, -0.05) is 22.7 Å². The van der Waals surface area contributed by atoms with Gasteiger partial charge in [0.25, 0.3) is 10.0 Å². The van der Waals surface area contributed by atoms with Gasteiger partial charge < -0.3 is 0 Å². The van der Waals surface area contributed by atoms with Gasteiger partial charge in [-0.3, -0.25) is 4.84 Å². The Morgan fingerprint density at radius 3 is 2.67 bits per heavy atom. The maximum atomic E-state index is 12.1. The highest BCUT2D eigenvalue weighted by molar-refractivity contribution is 7.89. The zero-order valence-corrected chi connectivity index (χ0v) is 9.33. The maximum Gasteiger partial charge on any atom is 0.265 e. The molecule has 15 heavy (non-hydrogen) atoms. The van der Waals surface area contributed by atoms with Crippen molar-refractivity contribution < 1.29 is 13.3 Å². The zero-order valence-electron chi connectivity index (χ0n) is 8.51. The molecule has 0 spiro atoms. The minimum atomic E-state index is -3.46. The average molecular weight is 227 g/mol. The van der Waals surface area contributed by atoms with Crippen LogP contribution in [0, 0.1) is 6.92 Å². The summed E-state index contributed by atoms with van der Waals surface area (Å²) in [5, 5.41) is 0. The van der Waals surface area contributed by atoms with Crippen molar-refractivity contribution in [1.29, 1.82) is 0 Å². The molecule has 0 unspecified atom stereocenters. The lowest BCUT2D eigenvalue weighted by molar-refractivity contribution is -0.0284. The van der Waals surface area contributed by atoms with Gasteiger partial charge in [-0.25, -0.2) is 8.42 Å². The zero-order chi connectivity index (χ0) is 10.9. The molecule has 1 aliphatic heterocycles. The number of rotatable bonds is 2. The van der Waals surface area contributed by atoms with E-state index in [1.807, 2.05) is 6.07 Å². The molecule has 0 N–H and O–H groups in total. The van der Waals surface area contributed by atoms with Crippen LogP contribution in [-0.4, -0.2) is 26.0 Å². The lowest BCUT2D eigenvalue weighted by Crippen LogP contribution is -2.27. The number of hydrogen-bond donors (Lipinski definition) is 0. The van der Waals surface area contributed by atoms with Crippen molar-refractivity contribution in [3.63, 3.8) is 0 Å². The van der Waals surface area contributed by atoms with E-state index in [0.29, 0.717) is 18.0 Å². The highest BCUT2D eigenvalue weighted by atomic mass is 32.2. The molecule has 0 bridgehead atoms. The highest BCUT2D eigenvalue weighted by Crippen LogP contribution is 2.22. The first-order valence-electron chi connectivity index (χ1n) is 4.83. The Bertz CT molecular complexity index is 449. The van der Waals surface area contributed by atoms with Crippen molar-refractivity contribution >= 4 is 10.0 Å². The van der Waals surface area contributed by atoms with E-state index in [1.165, 1.54) is 0 Å². The Balaban J connectivity index is 2.41. The van der Waals surface area contributed by atoms with Crippen LogP contribution >= 0.6 is 0 Å². The van der Waals surface area contributed by atoms with Crippen LogP contribution < -0.4 is 0 Å². The highest BCUT2D eigenvalue weighted by Gasteiger charge is 2.29. The van der Waals surface area contributed by atoms with E-state index >= 15 is 0 Å². The third-order valence-electron chi connectivity index (χ3n) is 2.36. The molecule has 0 saturated carbocycles. The van der Waals surface area contributed by atoms with Crippen molar-refractivity contribution in [1.82, 2.24) is 4.47 Å². The van der Waals surface area contributed by atoms with Crippen LogP contribution in [0.25, 0.3) is 0 Å². The van der Waals surface area contributed by atoms with Crippen molar-refractivity contribution in [2.24, 2.45) is 0 Å². The topological polar surface area (TPSA) is 46.6 Å². The molecule has 0 aliphatic carbocycles. The number of benzene rings is 1. The molecule has 0 radical (unpaired) electrons. The second-order valence-corrected chi connectivity index (χ2v) is 5.28. The molecule has 82 valence electrons. The second kappa shape index (κ2) is 3.92. The van der Waals surface area contributed by atoms with Gasteiger partial charge in [-0.15, -0.1) is 0 Å². The Morgan fingerprint density at radius 2 is 2.07 bits per heavy atom. The van der Waals surface area contributed by atoms with Crippen LogP contribution in [-0.2, 0) is 14.9 Å². The van der Waals surface area contributed by atoms with Crippen LogP contribution in [0.3, 0.4) is 0 Å². The fourth-order valence-electron chi connectivity index (χ4n) is 1.57. The molecule has 1 fully saturated rings. The number of hydrogen-bond acceptors (Lipinski definition) is 3. The van der Waals surface area contributed by atoms with E-state index < -0.39 is 10.0 Å². The van der Waals surface area contributed by atoms with Gasteiger partial charge in [0.2, 0.25) is 0 Å². The molecule has 1 aromatic carbocycles. The fourth-order valence-corrected chi connectivity index (χ4v) is 3.10. The summed E-state index contributed by atoms with van der Waals surface area (Å²) < 4.78 is 25.2. The minimum absolute atomic E-state index is 0.326. The molecule has 1 aromatic rings. The van der Waals surface area contributed by atoms with E-state index in [-0.39, 0.29) is 0 Å². The molecule has 0 aromatic heterocycles. The summed E-state index contributed by atoms with van der Waals surface area (Å²) in [6.45, 7) is 2.70. The second-order valence-electron chi connectivity index (χ2n) is 3.48. The standard InChI is InChI=1S/C10H13NO3S/c1-9-5-2-3-6-10(9)15(12,13)11-7-4-8-14-11/h2-3,5-6H,4,7-8H2,1H3. The monoisotopic (exact) mass is 227 g/mol. The predicted octanol–water partition coefficient (Wildman–Crippen LogP) is 1.32. The average Bonchev–Trinajstić information content (AvgIpc) is 2.71. The van der Waals surface area contributed by atoms with Crippen molar-refractivity contribution in [2.75, 3.05) is 13.2 Å². The first-order valence-corrected chi connectivity index (χ1v) is 6.27. The molecule has 0 amide bonds. The fraction of sp³-hybridized carbons (Fsp3) is 0.400. The van der Waals surface area contributed by atoms with Crippen molar-refractivity contribution in [3.8, 4) is 0 Å². The molecule has 0 atom stereocenters. The van der Waals surface area contributed by atoms with Crippen LogP contribution in [0.1, 0.15) is 12.0 Å². The third-order valence-corrected chi connectivity index (χ3v) is 4.20. The molecular weight excluding hydrogens is 214 g/mol. The Hall–Kier alpha value is -0.910. The molecular formula is C10H13NO3S. The van der Waals surface area contributed by atoms with Crippen LogP contribution in [0.5, 0.6) is 0 Å². The predicted molar refractivity (Wildman–Crippen MR) is 55.6 cm³/mol. The van der Waals surface area contributed by atoms with E-state index in [1.54, 1.807) is 25.1 Å². The third kappa shape index (κ3) is 1.90. The van der Waals surface area contributed by atoms with Crippen molar-refractivity contribution in [3.05, 3.63) is 29.8 Å². The van der Waals surface area contributed by atoms with Gasteiger partial charge in [0.15, 0.2) is 0 Å². The van der Waals surface area contributed by atoms with Gasteiger partial charge in [-0.05, 0) is 25.0 Å².